The Morgan fingerprint density at radius 3 is 2.61 bits per heavy atom. The Morgan fingerprint density at radius 2 is 1.97 bits per heavy atom. The zero-order valence-electron chi connectivity index (χ0n) is 18.7. The lowest BCUT2D eigenvalue weighted by atomic mass is 10.1. The molecule has 1 amide bonds. The van der Waals surface area contributed by atoms with Crippen molar-refractivity contribution in [2.75, 3.05) is 23.9 Å². The van der Waals surface area contributed by atoms with Gasteiger partial charge in [-0.15, -0.1) is 0 Å². The van der Waals surface area contributed by atoms with E-state index in [0.29, 0.717) is 51.1 Å². The van der Waals surface area contributed by atoms with Gasteiger partial charge in [0.25, 0.3) is 5.91 Å². The van der Waals surface area contributed by atoms with Gasteiger partial charge in [0.15, 0.2) is 15.5 Å². The molecule has 10 heteroatoms. The highest BCUT2D eigenvalue weighted by Crippen LogP contribution is 2.41. The molecule has 0 spiro atoms. The number of ether oxygens (including phenoxy) is 1. The van der Waals surface area contributed by atoms with Crippen molar-refractivity contribution >= 4 is 44.1 Å². The van der Waals surface area contributed by atoms with Crippen LogP contribution in [-0.4, -0.2) is 47.7 Å². The molecule has 33 heavy (non-hydrogen) atoms. The van der Waals surface area contributed by atoms with Gasteiger partial charge in [0.05, 0.1) is 47.0 Å². The number of nitrogens with one attached hydrogen (secondary N) is 1. The Balaban J connectivity index is 1.61. The molecule has 3 heterocycles. The number of pyridine rings is 1. The van der Waals surface area contributed by atoms with Crippen LogP contribution in [0, 0.1) is 13.8 Å². The molecule has 1 N–H and O–H groups in total. The molecule has 1 saturated heterocycles. The van der Waals surface area contributed by atoms with Crippen LogP contribution in [0.15, 0.2) is 18.2 Å². The molecule has 1 aromatic carbocycles. The molecule has 174 valence electrons. The third kappa shape index (κ3) is 4.08. The van der Waals surface area contributed by atoms with Gasteiger partial charge in [0.1, 0.15) is 5.75 Å². The summed E-state index contributed by atoms with van der Waals surface area (Å²) in [6.45, 7) is 3.68. The number of carbonyl (C=O) groups excluding carboxylic acids is 1. The summed E-state index contributed by atoms with van der Waals surface area (Å²) in [4.78, 5) is 18.4. The minimum absolute atomic E-state index is 0.0430. The Kier molecular flexibility index (Phi) is 5.36. The predicted octanol–water partition coefficient (Wildman–Crippen LogP) is 4.20. The SMILES string of the molecule is COc1cc(Cl)c(C)cc1NC(=O)c1cc(C2CC2)nc2c1c(C)nn2C1CCS(=O)(=O)C1. The average Bonchev–Trinajstić information content (AvgIpc) is 3.48. The van der Waals surface area contributed by atoms with E-state index in [1.807, 2.05) is 19.9 Å². The highest BCUT2D eigenvalue weighted by Gasteiger charge is 2.34. The summed E-state index contributed by atoms with van der Waals surface area (Å²) in [5.74, 6) is 0.663. The summed E-state index contributed by atoms with van der Waals surface area (Å²) in [7, 11) is -1.57. The van der Waals surface area contributed by atoms with Gasteiger partial charge in [-0.05, 0) is 50.8 Å². The Labute approximate surface area is 197 Å². The molecule has 1 atom stereocenters. The van der Waals surface area contributed by atoms with E-state index in [1.54, 1.807) is 16.8 Å². The normalized spacial score (nSPS) is 19.7. The van der Waals surface area contributed by atoms with Gasteiger partial charge in [0.2, 0.25) is 0 Å². The first kappa shape index (κ1) is 22.2. The molecule has 1 saturated carbocycles. The maximum Gasteiger partial charge on any atom is 0.256 e. The second-order valence-corrected chi connectivity index (χ2v) is 11.5. The molecule has 0 bridgehead atoms. The first-order valence-corrected chi connectivity index (χ1v) is 13.1. The quantitative estimate of drug-likeness (QED) is 0.577. The smallest absolute Gasteiger partial charge is 0.256 e. The predicted molar refractivity (Wildman–Crippen MR) is 127 cm³/mol. The van der Waals surface area contributed by atoms with E-state index >= 15 is 0 Å². The number of rotatable bonds is 5. The first-order chi connectivity index (χ1) is 15.7. The van der Waals surface area contributed by atoms with Gasteiger partial charge < -0.3 is 10.1 Å². The number of aryl methyl sites for hydroxylation is 2. The van der Waals surface area contributed by atoms with Crippen molar-refractivity contribution in [1.82, 2.24) is 14.8 Å². The van der Waals surface area contributed by atoms with Crippen molar-refractivity contribution in [3.63, 3.8) is 0 Å². The first-order valence-electron chi connectivity index (χ1n) is 10.9. The van der Waals surface area contributed by atoms with Gasteiger partial charge in [-0.1, -0.05) is 11.6 Å². The molecule has 3 aromatic rings. The number of benzene rings is 1. The highest BCUT2D eigenvalue weighted by molar-refractivity contribution is 7.91. The van der Waals surface area contributed by atoms with E-state index in [9.17, 15) is 13.2 Å². The van der Waals surface area contributed by atoms with Gasteiger partial charge in [-0.2, -0.15) is 5.10 Å². The molecule has 5 rings (SSSR count). The lowest BCUT2D eigenvalue weighted by molar-refractivity contribution is 0.102. The Hall–Kier alpha value is -2.65. The molecular formula is C23H25ClN4O4S. The largest absolute Gasteiger partial charge is 0.495 e. The number of hydrogen-bond donors (Lipinski definition) is 1. The number of carbonyl (C=O) groups is 1. The Morgan fingerprint density at radius 1 is 1.21 bits per heavy atom. The fourth-order valence-electron chi connectivity index (χ4n) is 4.44. The summed E-state index contributed by atoms with van der Waals surface area (Å²) in [5, 5.41) is 8.79. The minimum Gasteiger partial charge on any atom is -0.495 e. The van der Waals surface area contributed by atoms with E-state index in [-0.39, 0.29) is 23.5 Å². The monoisotopic (exact) mass is 488 g/mol. The van der Waals surface area contributed by atoms with Crippen LogP contribution in [0.1, 0.15) is 58.5 Å². The summed E-state index contributed by atoms with van der Waals surface area (Å²) < 4.78 is 31.3. The van der Waals surface area contributed by atoms with E-state index in [2.05, 4.69) is 10.4 Å². The number of fused-ring (bicyclic) bond motifs is 1. The van der Waals surface area contributed by atoms with Crippen molar-refractivity contribution in [1.29, 1.82) is 0 Å². The summed E-state index contributed by atoms with van der Waals surface area (Å²) >= 11 is 6.21. The molecule has 2 aliphatic rings. The number of methoxy groups -OCH3 is 1. The number of nitrogens with zero attached hydrogens (tertiary/aromatic N) is 3. The number of anilines is 1. The molecule has 1 unspecified atom stereocenters. The molecule has 1 aliphatic carbocycles. The molecule has 2 fully saturated rings. The van der Waals surface area contributed by atoms with E-state index in [0.717, 1.165) is 24.1 Å². The highest BCUT2D eigenvalue weighted by atomic mass is 35.5. The number of hydrogen-bond acceptors (Lipinski definition) is 6. The molecule has 2 aromatic heterocycles. The van der Waals surface area contributed by atoms with Crippen LogP contribution in [0.5, 0.6) is 5.75 Å². The van der Waals surface area contributed by atoms with Gasteiger partial charge in [0, 0.05) is 22.7 Å². The van der Waals surface area contributed by atoms with E-state index < -0.39 is 9.84 Å². The number of amides is 1. The zero-order chi connectivity index (χ0) is 23.5. The number of sulfone groups is 1. The van der Waals surface area contributed by atoms with E-state index in [1.165, 1.54) is 7.11 Å². The lowest BCUT2D eigenvalue weighted by Gasteiger charge is -2.14. The second-order valence-electron chi connectivity index (χ2n) is 8.91. The van der Waals surface area contributed by atoms with Crippen molar-refractivity contribution in [3.8, 4) is 5.75 Å². The van der Waals surface area contributed by atoms with Crippen LogP contribution in [0.4, 0.5) is 5.69 Å². The van der Waals surface area contributed by atoms with Crippen molar-refractivity contribution < 1.29 is 17.9 Å². The van der Waals surface area contributed by atoms with Crippen LogP contribution in [0.25, 0.3) is 11.0 Å². The van der Waals surface area contributed by atoms with Crippen molar-refractivity contribution in [2.45, 2.75) is 45.1 Å². The maximum absolute atomic E-state index is 13.5. The number of aromatic nitrogens is 3. The second kappa shape index (κ2) is 7.99. The van der Waals surface area contributed by atoms with Crippen LogP contribution >= 0.6 is 11.6 Å². The van der Waals surface area contributed by atoms with Crippen LogP contribution in [0.2, 0.25) is 5.02 Å². The summed E-state index contributed by atoms with van der Waals surface area (Å²) in [6.07, 6.45) is 2.54. The Bertz CT molecular complexity index is 1400. The average molecular weight is 489 g/mol. The fraction of sp³-hybridized carbons (Fsp3) is 0.435. The molecular weight excluding hydrogens is 464 g/mol. The fourth-order valence-corrected chi connectivity index (χ4v) is 6.29. The molecule has 1 aliphatic heterocycles. The third-order valence-corrected chi connectivity index (χ3v) is 8.54. The lowest BCUT2D eigenvalue weighted by Crippen LogP contribution is -2.16. The summed E-state index contributed by atoms with van der Waals surface area (Å²) in [5.41, 5.74) is 3.87. The van der Waals surface area contributed by atoms with Crippen LogP contribution < -0.4 is 10.1 Å². The molecule has 0 radical (unpaired) electrons. The standard InChI is InChI=1S/C23H25ClN4O4S/c1-12-8-19(20(32-3)10-17(12)24)26-23(29)16-9-18(14-4-5-14)25-22-21(16)13(2)27-28(22)15-6-7-33(30,31)11-15/h8-10,14-15H,4-7,11H2,1-3H3,(H,26,29). The minimum atomic E-state index is -3.09. The maximum atomic E-state index is 13.5. The van der Waals surface area contributed by atoms with Gasteiger partial charge >= 0.3 is 0 Å². The number of halogens is 1. The summed E-state index contributed by atoms with van der Waals surface area (Å²) in [6, 6.07) is 5.02. The van der Waals surface area contributed by atoms with Gasteiger partial charge in [-0.25, -0.2) is 18.1 Å². The topological polar surface area (TPSA) is 103 Å². The molecule has 8 nitrogen and oxygen atoms in total. The van der Waals surface area contributed by atoms with Gasteiger partial charge in [-0.3, -0.25) is 4.79 Å². The van der Waals surface area contributed by atoms with Crippen molar-refractivity contribution in [2.24, 2.45) is 0 Å². The van der Waals surface area contributed by atoms with Crippen molar-refractivity contribution in [3.05, 3.63) is 45.7 Å². The third-order valence-electron chi connectivity index (χ3n) is 6.38. The van der Waals surface area contributed by atoms with E-state index in [4.69, 9.17) is 21.3 Å². The van der Waals surface area contributed by atoms with Crippen LogP contribution in [0.3, 0.4) is 0 Å². The van der Waals surface area contributed by atoms with Crippen LogP contribution in [-0.2, 0) is 9.84 Å². The zero-order valence-corrected chi connectivity index (χ0v) is 20.3.